The second-order valence-electron chi connectivity index (χ2n) is 11.3. The standard InChI is InChI=1S/2C17H16ClN5O4S.Cr/c2*1-10-16(17(25)23(22-10)12-5-3-11(18)4-6-12)21-20-14-8-7-13(9-15(14)24)28(26,27)19-2;/h2*3-9,19,24-25H,1-2H3;/q;;+3/p-3. The Morgan fingerprint density at radius 2 is 0.912 bits per heavy atom. The Labute approximate surface area is 348 Å². The molecule has 18 nitrogen and oxygen atoms in total. The summed E-state index contributed by atoms with van der Waals surface area (Å²) in [6.07, 6.45) is 0. The maximum Gasteiger partial charge on any atom is 3.00 e. The number of hydrogen-bond acceptors (Lipinski definition) is 14. The second-order valence-corrected chi connectivity index (χ2v) is 16.0. The largest absolute Gasteiger partial charge is 3.00 e. The van der Waals surface area contributed by atoms with Crippen molar-refractivity contribution >= 4 is 66.0 Å². The number of benzene rings is 4. The van der Waals surface area contributed by atoms with Gasteiger partial charge in [0.05, 0.1) is 43.9 Å². The number of rotatable bonds is 10. The van der Waals surface area contributed by atoms with E-state index in [2.05, 4.69) is 40.1 Å². The number of aromatic nitrogens is 4. The topological polar surface area (TPSA) is 270 Å². The molecule has 0 bridgehead atoms. The summed E-state index contributed by atoms with van der Waals surface area (Å²) >= 11 is 11.7. The van der Waals surface area contributed by atoms with Crippen LogP contribution < -0.4 is 29.9 Å². The fourth-order valence-corrected chi connectivity index (χ4v) is 6.41. The minimum atomic E-state index is -3.74. The van der Waals surface area contributed by atoms with Gasteiger partial charge in [0.15, 0.2) is 0 Å². The summed E-state index contributed by atoms with van der Waals surface area (Å²) in [5.74, 6) is -2.30. The van der Waals surface area contributed by atoms with Crippen molar-refractivity contribution in [2.24, 2.45) is 20.5 Å². The van der Waals surface area contributed by atoms with Gasteiger partial charge < -0.3 is 20.4 Å². The van der Waals surface area contributed by atoms with Gasteiger partial charge in [-0.2, -0.15) is 20.4 Å². The molecule has 0 atom stereocenters. The van der Waals surface area contributed by atoms with E-state index >= 15 is 0 Å². The van der Waals surface area contributed by atoms with Gasteiger partial charge >= 0.3 is 18.8 Å². The summed E-state index contributed by atoms with van der Waals surface area (Å²) in [6.45, 7) is 3.17. The monoisotopic (exact) mass is 891 g/mol. The fraction of sp³-hybridized carbons (Fsp3) is 0.118. The van der Waals surface area contributed by atoms with Crippen LogP contribution in [0.2, 0.25) is 10.0 Å². The predicted molar refractivity (Wildman–Crippen MR) is 199 cm³/mol. The molecule has 0 saturated heterocycles. The van der Waals surface area contributed by atoms with Crippen molar-refractivity contribution in [2.75, 3.05) is 14.1 Å². The van der Waals surface area contributed by atoms with E-state index in [4.69, 9.17) is 23.2 Å². The smallest absolute Gasteiger partial charge is 0.871 e. The third-order valence-corrected chi connectivity index (χ3v) is 11.0. The van der Waals surface area contributed by atoms with Crippen molar-refractivity contribution in [1.82, 2.24) is 29.0 Å². The fourth-order valence-electron chi connectivity index (χ4n) is 4.67. The number of nitrogens with zero attached hydrogens (tertiary/aromatic N) is 8. The zero-order valence-electron chi connectivity index (χ0n) is 30.9. The maximum atomic E-state index is 12.6. The third-order valence-electron chi connectivity index (χ3n) is 7.65. The van der Waals surface area contributed by atoms with Crippen LogP contribution in [0.3, 0.4) is 0 Å². The zero-order chi connectivity index (χ0) is 40.9. The Kier molecular flexibility index (Phi) is 14.2. The molecule has 57 heavy (non-hydrogen) atoms. The van der Waals surface area contributed by atoms with Gasteiger partial charge in [-0.05, 0) is 113 Å². The van der Waals surface area contributed by atoms with Crippen molar-refractivity contribution in [1.29, 1.82) is 0 Å². The van der Waals surface area contributed by atoms with Gasteiger partial charge in [0.2, 0.25) is 20.0 Å². The number of hydrogen-bond donors (Lipinski definition) is 2. The first-order chi connectivity index (χ1) is 26.4. The van der Waals surface area contributed by atoms with E-state index < -0.39 is 43.3 Å². The van der Waals surface area contributed by atoms with Gasteiger partial charge in [-0.15, -0.1) is 10.2 Å². The molecule has 2 aromatic heterocycles. The minimum Gasteiger partial charge on any atom is -0.871 e. The molecular weight excluding hydrogens is 863 g/mol. The van der Waals surface area contributed by atoms with E-state index in [0.717, 1.165) is 21.5 Å². The summed E-state index contributed by atoms with van der Waals surface area (Å²) in [5, 5.41) is 73.9. The molecule has 23 heteroatoms. The van der Waals surface area contributed by atoms with Gasteiger partial charge in [0.25, 0.3) is 0 Å². The Hall–Kier alpha value is -5.37. The number of azo groups is 2. The molecular formula is C34H29Cl2CrN10O8S2. The van der Waals surface area contributed by atoms with Crippen LogP contribution in [0, 0.1) is 13.8 Å². The van der Waals surface area contributed by atoms with Crippen LogP contribution in [0.15, 0.2) is 115 Å². The molecule has 295 valence electrons. The average molecular weight is 893 g/mol. The molecule has 6 rings (SSSR count). The number of nitrogens with one attached hydrogen (secondary N) is 2. The van der Waals surface area contributed by atoms with Gasteiger partial charge in [-0.1, -0.05) is 34.7 Å². The first-order valence-electron chi connectivity index (χ1n) is 15.8. The van der Waals surface area contributed by atoms with Crippen molar-refractivity contribution in [3.05, 3.63) is 106 Å². The molecule has 0 aliphatic carbocycles. The molecule has 0 saturated carbocycles. The Balaban J connectivity index is 0.000000300. The molecule has 0 spiro atoms. The van der Waals surface area contributed by atoms with Crippen molar-refractivity contribution in [3.8, 4) is 34.6 Å². The quantitative estimate of drug-likeness (QED) is 0.179. The molecule has 2 heterocycles. The van der Waals surface area contributed by atoms with Crippen molar-refractivity contribution in [2.45, 2.75) is 23.6 Å². The average Bonchev–Trinajstić information content (AvgIpc) is 3.62. The number of halogens is 2. The van der Waals surface area contributed by atoms with Gasteiger partial charge in [0, 0.05) is 21.8 Å². The summed E-state index contributed by atoms with van der Waals surface area (Å²) < 4.78 is 53.4. The Bertz CT molecular complexity index is 2510. The second kappa shape index (κ2) is 18.3. The number of aryl methyl sites for hydroxylation is 2. The molecule has 4 aromatic carbocycles. The SMILES string of the molecule is CNS(=O)(=O)c1ccc(N=Nc2c(C)nn(-c3ccc(Cl)cc3)c2[O-])c([O-])c1.CNS(=O)(=O)c1ccc(N=Nc2c(C)nn(-c3ccc(Cl)cc3)c2[O-])c([O-])c1.[Cr+3].[H+]. The normalized spacial score (nSPS) is 11.8. The molecule has 0 aliphatic heterocycles. The molecule has 2 N–H and O–H groups in total. The zero-order valence-corrected chi connectivity index (χ0v) is 34.3. The van der Waals surface area contributed by atoms with E-state index in [1.165, 1.54) is 38.4 Å². The van der Waals surface area contributed by atoms with Crippen molar-refractivity contribution < 1.29 is 56.0 Å². The van der Waals surface area contributed by atoms with Crippen LogP contribution in [-0.2, 0) is 37.4 Å². The van der Waals surface area contributed by atoms with Gasteiger partial charge in [-0.25, -0.2) is 35.6 Å². The number of sulfonamides is 2. The van der Waals surface area contributed by atoms with Crippen molar-refractivity contribution in [3.63, 3.8) is 0 Å². The van der Waals surface area contributed by atoms with Crippen LogP contribution >= 0.6 is 23.2 Å². The maximum absolute atomic E-state index is 12.6. The Morgan fingerprint density at radius 3 is 1.21 bits per heavy atom. The first kappa shape index (κ1) is 44.3. The molecule has 1 radical (unpaired) electrons. The van der Waals surface area contributed by atoms with Crippen LogP contribution in [0.4, 0.5) is 22.7 Å². The van der Waals surface area contributed by atoms with E-state index in [9.17, 15) is 37.3 Å². The molecule has 0 fully saturated rings. The van der Waals surface area contributed by atoms with Crippen LogP contribution in [-0.4, -0.2) is 50.5 Å². The van der Waals surface area contributed by atoms with Crippen LogP contribution in [0.5, 0.6) is 23.3 Å². The van der Waals surface area contributed by atoms with E-state index in [1.54, 1.807) is 62.4 Å². The summed E-state index contributed by atoms with van der Waals surface area (Å²) in [4.78, 5) is -0.370. The molecule has 6 aromatic rings. The third kappa shape index (κ3) is 10.1. The summed E-state index contributed by atoms with van der Waals surface area (Å²) in [7, 11) is -5.01. The van der Waals surface area contributed by atoms with Gasteiger partial charge in [0.1, 0.15) is 11.4 Å². The first-order valence-corrected chi connectivity index (χ1v) is 19.6. The minimum absolute atomic E-state index is 0. The van der Waals surface area contributed by atoms with E-state index in [-0.39, 0.29) is 51.3 Å². The van der Waals surface area contributed by atoms with E-state index in [0.29, 0.717) is 32.8 Å². The van der Waals surface area contributed by atoms with Crippen LogP contribution in [0.1, 0.15) is 12.8 Å². The van der Waals surface area contributed by atoms with Crippen LogP contribution in [0.25, 0.3) is 11.4 Å². The Morgan fingerprint density at radius 1 is 0.579 bits per heavy atom. The summed E-state index contributed by atoms with van der Waals surface area (Å²) in [5.41, 5.74) is 1.40. The molecule has 0 aliphatic rings. The van der Waals surface area contributed by atoms with E-state index in [1.807, 2.05) is 0 Å². The predicted octanol–water partition coefficient (Wildman–Crippen LogP) is 4.72. The summed E-state index contributed by atoms with van der Waals surface area (Å²) in [6, 6.07) is 19.8. The molecule has 0 amide bonds. The van der Waals surface area contributed by atoms with Gasteiger partial charge in [-0.3, -0.25) is 0 Å². The molecule has 0 unspecified atom stereocenters.